The predicted molar refractivity (Wildman–Crippen MR) is 66.2 cm³/mol. The van der Waals surface area contributed by atoms with Crippen molar-refractivity contribution in [2.24, 2.45) is 12.9 Å². The van der Waals surface area contributed by atoms with Crippen LogP contribution in [0.25, 0.3) is 0 Å². The molecule has 1 aliphatic heterocycles. The predicted octanol–water partition coefficient (Wildman–Crippen LogP) is 0.754. The summed E-state index contributed by atoms with van der Waals surface area (Å²) in [4.78, 5) is 0. The van der Waals surface area contributed by atoms with Crippen LogP contribution in [0, 0.1) is 0 Å². The summed E-state index contributed by atoms with van der Waals surface area (Å²) in [5.74, 6) is 5.59. The van der Waals surface area contributed by atoms with Crippen LogP contribution in [0.1, 0.15) is 31.4 Å². The zero-order valence-corrected chi connectivity index (χ0v) is 10.4. The third-order valence-electron chi connectivity index (χ3n) is 3.32. The van der Waals surface area contributed by atoms with Crippen molar-refractivity contribution in [1.29, 1.82) is 0 Å². The molecule has 2 heterocycles. The summed E-state index contributed by atoms with van der Waals surface area (Å²) in [6, 6.07) is 2.32. The van der Waals surface area contributed by atoms with Gasteiger partial charge in [0.15, 0.2) is 0 Å². The molecule has 2 rings (SSSR count). The monoisotopic (exact) mass is 238 g/mol. The molecule has 5 heteroatoms. The zero-order valence-electron chi connectivity index (χ0n) is 10.4. The van der Waals surface area contributed by atoms with Gasteiger partial charge in [0, 0.05) is 32.3 Å². The van der Waals surface area contributed by atoms with Crippen molar-refractivity contribution in [1.82, 2.24) is 15.2 Å². The van der Waals surface area contributed by atoms with E-state index in [2.05, 4.69) is 10.5 Å². The van der Waals surface area contributed by atoms with E-state index in [1.54, 1.807) is 0 Å². The Hall–Kier alpha value is -0.910. The van der Waals surface area contributed by atoms with Gasteiger partial charge in [-0.1, -0.05) is 0 Å². The minimum Gasteiger partial charge on any atom is -0.378 e. The molecule has 1 aliphatic rings. The van der Waals surface area contributed by atoms with Crippen molar-refractivity contribution in [2.45, 2.75) is 44.2 Å². The lowest BCUT2D eigenvalue weighted by Gasteiger charge is -2.16. The van der Waals surface area contributed by atoms with E-state index in [0.717, 1.165) is 31.6 Å². The Morgan fingerprint density at radius 3 is 3.18 bits per heavy atom. The molecule has 1 saturated heterocycles. The standard InChI is InChI=1S/C12H22N4O/c1-16-7-6-11(15-16)9-10(14-13)4-5-12-3-2-8-17-12/h6-7,10,12,14H,2-5,8-9,13H2,1H3. The van der Waals surface area contributed by atoms with Gasteiger partial charge in [0.1, 0.15) is 0 Å². The van der Waals surface area contributed by atoms with Crippen LogP contribution in [-0.4, -0.2) is 28.5 Å². The Morgan fingerprint density at radius 1 is 1.71 bits per heavy atom. The van der Waals surface area contributed by atoms with E-state index in [-0.39, 0.29) is 6.04 Å². The van der Waals surface area contributed by atoms with Crippen LogP contribution in [0.2, 0.25) is 0 Å². The van der Waals surface area contributed by atoms with Crippen molar-refractivity contribution in [3.05, 3.63) is 18.0 Å². The summed E-state index contributed by atoms with van der Waals surface area (Å²) in [5, 5.41) is 4.37. The second-order valence-corrected chi connectivity index (χ2v) is 4.76. The average molecular weight is 238 g/mol. The fourth-order valence-corrected chi connectivity index (χ4v) is 2.33. The van der Waals surface area contributed by atoms with E-state index in [1.165, 1.54) is 12.8 Å². The molecular weight excluding hydrogens is 216 g/mol. The first-order valence-corrected chi connectivity index (χ1v) is 6.34. The maximum Gasteiger partial charge on any atom is 0.0640 e. The topological polar surface area (TPSA) is 65.1 Å². The molecule has 17 heavy (non-hydrogen) atoms. The number of aromatic nitrogens is 2. The molecule has 0 radical (unpaired) electrons. The number of nitrogens with one attached hydrogen (secondary N) is 1. The smallest absolute Gasteiger partial charge is 0.0640 e. The number of hydrogen-bond acceptors (Lipinski definition) is 4. The molecule has 5 nitrogen and oxygen atoms in total. The third kappa shape index (κ3) is 3.80. The first-order chi connectivity index (χ1) is 8.28. The molecule has 0 aromatic carbocycles. The molecular formula is C12H22N4O. The van der Waals surface area contributed by atoms with Crippen LogP contribution < -0.4 is 11.3 Å². The van der Waals surface area contributed by atoms with Crippen molar-refractivity contribution in [3.63, 3.8) is 0 Å². The lowest BCUT2D eigenvalue weighted by Crippen LogP contribution is -2.37. The van der Waals surface area contributed by atoms with Gasteiger partial charge in [-0.05, 0) is 31.7 Å². The molecule has 2 atom stereocenters. The van der Waals surface area contributed by atoms with E-state index in [9.17, 15) is 0 Å². The first-order valence-electron chi connectivity index (χ1n) is 6.34. The maximum absolute atomic E-state index is 5.61. The van der Waals surface area contributed by atoms with Gasteiger partial charge >= 0.3 is 0 Å². The second-order valence-electron chi connectivity index (χ2n) is 4.76. The highest BCUT2D eigenvalue weighted by molar-refractivity contribution is 5.01. The lowest BCUT2D eigenvalue weighted by atomic mass is 10.0. The molecule has 0 saturated carbocycles. The van der Waals surface area contributed by atoms with Crippen LogP contribution >= 0.6 is 0 Å². The first kappa shape index (κ1) is 12.5. The van der Waals surface area contributed by atoms with E-state index in [1.807, 2.05) is 24.0 Å². The molecule has 1 aromatic rings. The Labute approximate surface area is 102 Å². The lowest BCUT2D eigenvalue weighted by molar-refractivity contribution is 0.0995. The fourth-order valence-electron chi connectivity index (χ4n) is 2.33. The summed E-state index contributed by atoms with van der Waals surface area (Å²) in [5.41, 5.74) is 3.96. The van der Waals surface area contributed by atoms with Crippen LogP contribution in [-0.2, 0) is 18.2 Å². The SMILES string of the molecule is Cn1ccc(CC(CCC2CCCO2)NN)n1. The fraction of sp³-hybridized carbons (Fsp3) is 0.750. The minimum atomic E-state index is 0.286. The summed E-state index contributed by atoms with van der Waals surface area (Å²) in [6.45, 7) is 0.922. The largest absolute Gasteiger partial charge is 0.378 e. The van der Waals surface area contributed by atoms with Crippen molar-refractivity contribution in [3.8, 4) is 0 Å². The average Bonchev–Trinajstić information content (AvgIpc) is 2.96. The Morgan fingerprint density at radius 2 is 2.59 bits per heavy atom. The van der Waals surface area contributed by atoms with Gasteiger partial charge in [-0.3, -0.25) is 16.0 Å². The zero-order chi connectivity index (χ0) is 12.1. The van der Waals surface area contributed by atoms with Crippen molar-refractivity contribution >= 4 is 0 Å². The van der Waals surface area contributed by atoms with E-state index >= 15 is 0 Å². The van der Waals surface area contributed by atoms with Crippen molar-refractivity contribution < 1.29 is 4.74 Å². The van der Waals surface area contributed by atoms with Crippen LogP contribution in [0.3, 0.4) is 0 Å². The Bertz CT molecular complexity index is 333. The summed E-state index contributed by atoms with van der Waals surface area (Å²) >= 11 is 0. The molecule has 3 N–H and O–H groups in total. The van der Waals surface area contributed by atoms with Gasteiger partial charge in [-0.2, -0.15) is 5.10 Å². The molecule has 1 aromatic heterocycles. The number of nitrogens with two attached hydrogens (primary N) is 1. The van der Waals surface area contributed by atoms with Crippen molar-refractivity contribution in [2.75, 3.05) is 6.61 Å². The molecule has 2 unspecified atom stereocenters. The number of hydrazine groups is 1. The quantitative estimate of drug-likeness (QED) is 0.567. The molecule has 0 aliphatic carbocycles. The van der Waals surface area contributed by atoms with E-state index < -0.39 is 0 Å². The number of nitrogens with zero attached hydrogens (tertiary/aromatic N) is 2. The number of ether oxygens (including phenoxy) is 1. The normalized spacial score (nSPS) is 21.9. The Balaban J connectivity index is 1.75. The molecule has 0 amide bonds. The summed E-state index contributed by atoms with van der Waals surface area (Å²) < 4.78 is 7.44. The molecule has 0 bridgehead atoms. The highest BCUT2D eigenvalue weighted by Gasteiger charge is 2.18. The molecule has 96 valence electrons. The van der Waals surface area contributed by atoms with Gasteiger partial charge in [-0.15, -0.1) is 0 Å². The number of hydrogen-bond donors (Lipinski definition) is 2. The summed E-state index contributed by atoms with van der Waals surface area (Å²) in [7, 11) is 1.93. The van der Waals surface area contributed by atoms with Gasteiger partial charge in [-0.25, -0.2) is 0 Å². The van der Waals surface area contributed by atoms with Gasteiger partial charge in [0.05, 0.1) is 11.8 Å². The summed E-state index contributed by atoms with van der Waals surface area (Å²) in [6.07, 6.45) is 7.80. The second kappa shape index (κ2) is 6.14. The van der Waals surface area contributed by atoms with Crippen LogP contribution in [0.5, 0.6) is 0 Å². The van der Waals surface area contributed by atoms with E-state index in [4.69, 9.17) is 10.6 Å². The highest BCUT2D eigenvalue weighted by atomic mass is 16.5. The third-order valence-corrected chi connectivity index (χ3v) is 3.32. The van der Waals surface area contributed by atoms with Crippen LogP contribution in [0.15, 0.2) is 12.3 Å². The minimum absolute atomic E-state index is 0.286. The number of aryl methyl sites for hydroxylation is 1. The molecule has 1 fully saturated rings. The number of rotatable bonds is 6. The highest BCUT2D eigenvalue weighted by Crippen LogP contribution is 2.18. The maximum atomic E-state index is 5.61. The van der Waals surface area contributed by atoms with Gasteiger partial charge in [0.2, 0.25) is 0 Å². The van der Waals surface area contributed by atoms with Gasteiger partial charge in [0.25, 0.3) is 0 Å². The van der Waals surface area contributed by atoms with Crippen LogP contribution in [0.4, 0.5) is 0 Å². The Kier molecular flexibility index (Phi) is 4.53. The molecule has 0 spiro atoms. The van der Waals surface area contributed by atoms with Gasteiger partial charge < -0.3 is 4.74 Å². The van der Waals surface area contributed by atoms with E-state index in [0.29, 0.717) is 6.10 Å².